The fourth-order valence-corrected chi connectivity index (χ4v) is 4.91. The second-order valence-corrected chi connectivity index (χ2v) is 10.5. The number of nitrogens with zero attached hydrogens (tertiary/aromatic N) is 1. The van der Waals surface area contributed by atoms with Crippen LogP contribution in [0.15, 0.2) is 29.4 Å². The van der Waals surface area contributed by atoms with E-state index < -0.39 is 77.6 Å². The van der Waals surface area contributed by atoms with Crippen LogP contribution in [0.4, 0.5) is 0 Å². The molecule has 1 aromatic rings. The Morgan fingerprint density at radius 3 is 2.16 bits per heavy atom. The second-order valence-electron chi connectivity index (χ2n) is 8.40. The van der Waals surface area contributed by atoms with E-state index in [1.54, 1.807) is 0 Å². The van der Waals surface area contributed by atoms with Gasteiger partial charge in [0.25, 0.3) is 10.4 Å². The van der Waals surface area contributed by atoms with Crippen LogP contribution in [-0.4, -0.2) is 121 Å². The van der Waals surface area contributed by atoms with Gasteiger partial charge in [0, 0.05) is 6.42 Å². The van der Waals surface area contributed by atoms with Crippen molar-refractivity contribution in [2.45, 2.75) is 73.9 Å². The van der Waals surface area contributed by atoms with Gasteiger partial charge >= 0.3 is 51.4 Å². The van der Waals surface area contributed by atoms with Gasteiger partial charge in [-0.3, -0.25) is 4.28 Å². The fourth-order valence-electron chi connectivity index (χ4n) is 3.59. The quantitative estimate of drug-likeness (QED) is 0.0362. The largest absolute Gasteiger partial charge is 1.00 e. The monoisotopic (exact) mass is 609 g/mol. The van der Waals surface area contributed by atoms with Crippen molar-refractivity contribution in [1.82, 2.24) is 0 Å². The first kappa shape index (κ1) is 34.2. The molecule has 2 saturated heterocycles. The molecule has 0 amide bonds. The molecule has 15 nitrogen and oxygen atoms in total. The Bertz CT molecular complexity index is 1030. The zero-order valence-corrected chi connectivity index (χ0v) is 25.0. The number of benzene rings is 1. The number of aliphatic hydroxyl groups is 7. The molecule has 38 heavy (non-hydrogen) atoms. The van der Waals surface area contributed by atoms with Crippen molar-refractivity contribution in [2.24, 2.45) is 5.16 Å². The number of hydrogen-bond acceptors (Lipinski definition) is 16. The van der Waals surface area contributed by atoms with Crippen LogP contribution in [0.5, 0.6) is 5.75 Å². The van der Waals surface area contributed by atoms with Crippen molar-refractivity contribution < 1.29 is 119 Å². The molecule has 210 valence electrons. The average molecular weight is 610 g/mol. The maximum Gasteiger partial charge on any atom is 1.00 e. The molecule has 10 atom stereocenters. The van der Waals surface area contributed by atoms with E-state index in [1.807, 2.05) is 0 Å². The van der Waals surface area contributed by atoms with Gasteiger partial charge in [-0.05, 0) is 24.6 Å². The molecule has 0 aliphatic carbocycles. The molecule has 2 aliphatic rings. The summed E-state index contributed by atoms with van der Waals surface area (Å²) in [5.41, 5.74) is -0.840. The molecule has 2 aliphatic heterocycles. The van der Waals surface area contributed by atoms with E-state index in [0.29, 0.717) is 17.3 Å². The Labute approximate surface area is 264 Å². The van der Waals surface area contributed by atoms with E-state index >= 15 is 0 Å². The molecule has 2 fully saturated rings. The minimum Gasteiger partial charge on any atom is -0.714 e. The third-order valence-electron chi connectivity index (χ3n) is 5.67. The smallest absolute Gasteiger partial charge is 0.714 e. The van der Waals surface area contributed by atoms with Crippen molar-refractivity contribution >= 4 is 27.2 Å². The Morgan fingerprint density at radius 2 is 1.58 bits per heavy atom. The van der Waals surface area contributed by atoms with Crippen molar-refractivity contribution in [3.05, 3.63) is 29.8 Å². The van der Waals surface area contributed by atoms with Crippen LogP contribution in [0.1, 0.15) is 12.5 Å². The first-order valence-corrected chi connectivity index (χ1v) is 13.2. The number of rotatable bonds is 8. The number of hydrogen-bond donors (Lipinski definition) is 7. The van der Waals surface area contributed by atoms with Gasteiger partial charge in [-0.15, -0.1) is 0 Å². The first-order valence-electron chi connectivity index (χ1n) is 10.9. The Hall–Kier alpha value is 0.0264. The van der Waals surface area contributed by atoms with E-state index in [-0.39, 0.29) is 68.6 Å². The molecule has 18 heteroatoms. The van der Waals surface area contributed by atoms with Crippen molar-refractivity contribution in [2.75, 3.05) is 6.61 Å². The topological polar surface area (TPSA) is 248 Å². The Morgan fingerprint density at radius 1 is 0.974 bits per heavy atom. The molecular weight excluding hydrogens is 581 g/mol. The average Bonchev–Trinajstić information content (AvgIpc) is 2.85. The molecular formula is C20H28KNO14S2. The number of ether oxygens (including phenoxy) is 3. The van der Waals surface area contributed by atoms with E-state index in [4.69, 9.17) is 14.2 Å². The van der Waals surface area contributed by atoms with Gasteiger partial charge in [0.05, 0.1) is 12.7 Å². The van der Waals surface area contributed by atoms with Crippen LogP contribution < -0.4 is 56.1 Å². The van der Waals surface area contributed by atoms with Gasteiger partial charge in [-0.2, -0.15) is 8.42 Å². The summed E-state index contributed by atoms with van der Waals surface area (Å²) in [7, 11) is -5.22. The maximum atomic E-state index is 10.9. The Balaban J connectivity index is 0.00000507. The van der Waals surface area contributed by atoms with Crippen LogP contribution in [0.25, 0.3) is 0 Å². The van der Waals surface area contributed by atoms with Crippen molar-refractivity contribution in [1.29, 1.82) is 0 Å². The van der Waals surface area contributed by atoms with Gasteiger partial charge in [0.15, 0.2) is 0 Å². The molecule has 0 bridgehead atoms. The molecule has 0 spiro atoms. The van der Waals surface area contributed by atoms with Crippen LogP contribution in [-0.2, 0) is 30.6 Å². The second kappa shape index (κ2) is 14.8. The van der Waals surface area contributed by atoms with Crippen LogP contribution >= 0.6 is 11.8 Å². The standard InChI is InChI=1S/C20H29NO14S2.K/c1-8-13(23)15(25)17(27)19(32-8)33-10-4-2-9(3-5-10)6-12(21-35-37(29,30)31)36-20-18(28)16(26)14(24)11(7-22)34-20;/h2-5,8,11,13-20,22-28H,6-7H2,1H3,(H,29,30,31);/q;+1/p-1. The van der Waals surface area contributed by atoms with Gasteiger partial charge in [0.2, 0.25) is 6.29 Å². The predicted molar refractivity (Wildman–Crippen MR) is 123 cm³/mol. The van der Waals surface area contributed by atoms with Crippen LogP contribution in [0.3, 0.4) is 0 Å². The number of thioether (sulfide) groups is 1. The molecule has 10 unspecified atom stereocenters. The summed E-state index contributed by atoms with van der Waals surface area (Å²) in [6.07, 6.45) is -12.7. The van der Waals surface area contributed by atoms with E-state index in [1.165, 1.54) is 31.2 Å². The third-order valence-corrected chi connectivity index (χ3v) is 7.04. The van der Waals surface area contributed by atoms with E-state index in [0.717, 1.165) is 0 Å². The first-order chi connectivity index (χ1) is 17.3. The molecule has 0 radical (unpaired) electrons. The number of oxime groups is 1. The molecule has 0 aromatic heterocycles. The summed E-state index contributed by atoms with van der Waals surface area (Å²) < 4.78 is 53.0. The maximum absolute atomic E-state index is 10.9. The summed E-state index contributed by atoms with van der Waals surface area (Å²) >= 11 is 0.599. The Kier molecular flexibility index (Phi) is 13.3. The third kappa shape index (κ3) is 9.01. The summed E-state index contributed by atoms with van der Waals surface area (Å²) in [6.45, 7) is 0.812. The van der Waals surface area contributed by atoms with Crippen LogP contribution in [0.2, 0.25) is 0 Å². The summed E-state index contributed by atoms with van der Waals surface area (Å²) in [5.74, 6) is 0.210. The molecule has 7 N–H and O–H groups in total. The van der Waals surface area contributed by atoms with Gasteiger partial charge in [-0.25, -0.2) is 0 Å². The normalized spacial score (nSPS) is 36.3. The molecule has 3 rings (SSSR count). The zero-order valence-electron chi connectivity index (χ0n) is 20.2. The molecule has 0 saturated carbocycles. The molecule has 2 heterocycles. The van der Waals surface area contributed by atoms with E-state index in [9.17, 15) is 48.7 Å². The van der Waals surface area contributed by atoms with E-state index in [2.05, 4.69) is 9.44 Å². The van der Waals surface area contributed by atoms with Crippen LogP contribution in [0, 0.1) is 0 Å². The fraction of sp³-hybridized carbons (Fsp3) is 0.650. The van der Waals surface area contributed by atoms with Gasteiger partial charge in [-0.1, -0.05) is 29.1 Å². The van der Waals surface area contributed by atoms with Crippen molar-refractivity contribution in [3.8, 4) is 5.75 Å². The minimum absolute atomic E-state index is 0. The predicted octanol–water partition coefficient (Wildman–Crippen LogP) is -6.24. The summed E-state index contributed by atoms with van der Waals surface area (Å²) in [5, 5.41) is 72.4. The summed E-state index contributed by atoms with van der Waals surface area (Å²) in [6, 6.07) is 5.92. The van der Waals surface area contributed by atoms with Gasteiger partial charge < -0.3 is 54.5 Å². The van der Waals surface area contributed by atoms with Gasteiger partial charge in [0.1, 0.15) is 59.0 Å². The SMILES string of the molecule is CC1OC(Oc2ccc(CC(=NOS(=O)(=O)[O-])SC3OC(CO)C(O)C(O)C3O)cc2)C(O)C(O)C1O.[K+]. The molecule has 1 aromatic carbocycles. The summed E-state index contributed by atoms with van der Waals surface area (Å²) in [4.78, 5) is 0. The zero-order chi connectivity index (χ0) is 27.5. The minimum atomic E-state index is -5.22. The van der Waals surface area contributed by atoms with Crippen molar-refractivity contribution in [3.63, 3.8) is 0 Å². The number of aliphatic hydroxyl groups excluding tert-OH is 7.